The molecular weight excluding hydrogens is 296 g/mol. The topological polar surface area (TPSA) is 26.7 Å². The lowest BCUT2D eigenvalue weighted by Gasteiger charge is -2.30. The van der Waals surface area contributed by atoms with Gasteiger partial charge in [-0.05, 0) is 62.0 Å². The lowest BCUT2D eigenvalue weighted by atomic mass is 10.0. The van der Waals surface area contributed by atoms with Crippen LogP contribution in [-0.2, 0) is 12.8 Å². The van der Waals surface area contributed by atoms with Crippen molar-refractivity contribution in [2.24, 2.45) is 0 Å². The number of aliphatic hydroxyl groups is 1. The summed E-state index contributed by atoms with van der Waals surface area (Å²) in [5, 5.41) is 10.7. The summed E-state index contributed by atoms with van der Waals surface area (Å²) in [6.07, 6.45) is 4.32. The Morgan fingerprint density at radius 1 is 0.792 bits per heavy atom. The molecule has 3 heteroatoms. The van der Waals surface area contributed by atoms with Crippen LogP contribution < -0.4 is 4.90 Å². The average molecular weight is 322 g/mol. The van der Waals surface area contributed by atoms with Crippen LogP contribution in [0.2, 0.25) is 0 Å². The highest BCUT2D eigenvalue weighted by Gasteiger charge is 2.24. The maximum absolute atomic E-state index is 10.7. The number of β-amino-alcohol motifs (C(OH)–C–C–N with tert-alkyl or cyclic N) is 1. The molecule has 3 nitrogen and oxygen atoms in total. The number of benzene rings is 2. The van der Waals surface area contributed by atoms with Gasteiger partial charge in [-0.15, -0.1) is 0 Å². The van der Waals surface area contributed by atoms with E-state index in [-0.39, 0.29) is 6.10 Å². The number of hydrogen-bond acceptors (Lipinski definition) is 3. The van der Waals surface area contributed by atoms with Crippen molar-refractivity contribution in [3.05, 3.63) is 59.7 Å². The van der Waals surface area contributed by atoms with Gasteiger partial charge in [0.1, 0.15) is 0 Å². The first kappa shape index (κ1) is 15.7. The molecule has 0 bridgehead atoms. The fourth-order valence-electron chi connectivity index (χ4n) is 4.10. The molecule has 1 N–H and O–H groups in total. The van der Waals surface area contributed by atoms with Gasteiger partial charge in [-0.3, -0.25) is 0 Å². The highest BCUT2D eigenvalue weighted by Crippen LogP contribution is 2.35. The molecule has 0 aromatic heterocycles. The van der Waals surface area contributed by atoms with Crippen LogP contribution in [0, 0.1) is 0 Å². The molecule has 1 atom stereocenters. The zero-order chi connectivity index (χ0) is 16.4. The van der Waals surface area contributed by atoms with E-state index in [0.717, 1.165) is 32.5 Å². The standard InChI is InChI=1S/C21H26N2O/c24-19(15-22-13-5-6-14-22)16-23-20-9-3-1-7-17(20)11-12-18-8-2-4-10-21(18)23/h1-4,7-10,19,24H,5-6,11-16H2. The van der Waals surface area contributed by atoms with Crippen LogP contribution in [0.3, 0.4) is 0 Å². The number of fused-ring (bicyclic) bond motifs is 2. The van der Waals surface area contributed by atoms with Crippen molar-refractivity contribution in [3.63, 3.8) is 0 Å². The maximum atomic E-state index is 10.7. The van der Waals surface area contributed by atoms with Gasteiger partial charge in [0.15, 0.2) is 0 Å². The summed E-state index contributed by atoms with van der Waals surface area (Å²) < 4.78 is 0. The number of anilines is 2. The van der Waals surface area contributed by atoms with Gasteiger partial charge in [-0.2, -0.15) is 0 Å². The van der Waals surface area contributed by atoms with Crippen LogP contribution in [0.4, 0.5) is 11.4 Å². The molecule has 2 heterocycles. The van der Waals surface area contributed by atoms with Crippen LogP contribution in [0.1, 0.15) is 24.0 Å². The van der Waals surface area contributed by atoms with Crippen LogP contribution in [-0.4, -0.2) is 42.3 Å². The minimum atomic E-state index is -0.331. The molecule has 2 aromatic rings. The van der Waals surface area contributed by atoms with E-state index in [9.17, 15) is 5.11 Å². The number of hydrogen-bond donors (Lipinski definition) is 1. The Bertz CT molecular complexity index is 646. The zero-order valence-corrected chi connectivity index (χ0v) is 14.2. The monoisotopic (exact) mass is 322 g/mol. The smallest absolute Gasteiger partial charge is 0.0845 e. The summed E-state index contributed by atoms with van der Waals surface area (Å²) in [6, 6.07) is 17.3. The zero-order valence-electron chi connectivity index (χ0n) is 14.2. The molecule has 0 spiro atoms. The van der Waals surface area contributed by atoms with Gasteiger partial charge in [0.2, 0.25) is 0 Å². The second kappa shape index (κ2) is 6.96. The SMILES string of the molecule is OC(CN1CCCC1)CN1c2ccccc2CCc2ccccc21. The van der Waals surface area contributed by atoms with Gasteiger partial charge in [0.05, 0.1) is 12.6 Å². The molecule has 1 saturated heterocycles. The van der Waals surface area contributed by atoms with Gasteiger partial charge < -0.3 is 14.9 Å². The van der Waals surface area contributed by atoms with E-state index >= 15 is 0 Å². The van der Waals surface area contributed by atoms with Gasteiger partial charge >= 0.3 is 0 Å². The van der Waals surface area contributed by atoms with Gasteiger partial charge in [0, 0.05) is 17.9 Å². The van der Waals surface area contributed by atoms with Crippen molar-refractivity contribution in [2.45, 2.75) is 31.8 Å². The largest absolute Gasteiger partial charge is 0.390 e. The second-order valence-electron chi connectivity index (χ2n) is 7.03. The molecule has 1 fully saturated rings. The first-order valence-electron chi connectivity index (χ1n) is 9.15. The molecular formula is C21H26N2O. The molecule has 2 aromatic carbocycles. The minimum Gasteiger partial charge on any atom is -0.390 e. The normalized spacial score (nSPS) is 18.8. The number of likely N-dealkylation sites (tertiary alicyclic amines) is 1. The summed E-state index contributed by atoms with van der Waals surface area (Å²) in [5.41, 5.74) is 5.26. The Labute approximate surface area is 144 Å². The van der Waals surface area contributed by atoms with E-state index in [2.05, 4.69) is 58.3 Å². The lowest BCUT2D eigenvalue weighted by Crippen LogP contribution is -2.38. The third-order valence-corrected chi connectivity index (χ3v) is 5.29. The third-order valence-electron chi connectivity index (χ3n) is 5.29. The number of nitrogens with zero attached hydrogens (tertiary/aromatic N) is 2. The van der Waals surface area contributed by atoms with Crippen molar-refractivity contribution < 1.29 is 5.11 Å². The van der Waals surface area contributed by atoms with Crippen molar-refractivity contribution in [3.8, 4) is 0 Å². The highest BCUT2D eigenvalue weighted by atomic mass is 16.3. The van der Waals surface area contributed by atoms with E-state index in [1.165, 1.54) is 35.3 Å². The van der Waals surface area contributed by atoms with Crippen molar-refractivity contribution >= 4 is 11.4 Å². The van der Waals surface area contributed by atoms with Gasteiger partial charge in [0.25, 0.3) is 0 Å². The molecule has 2 aliphatic heterocycles. The Morgan fingerprint density at radius 2 is 1.33 bits per heavy atom. The van der Waals surface area contributed by atoms with Crippen LogP contribution in [0.25, 0.3) is 0 Å². The number of aliphatic hydroxyl groups excluding tert-OH is 1. The average Bonchev–Trinajstić information content (AvgIpc) is 3.06. The minimum absolute atomic E-state index is 0.331. The summed E-state index contributed by atoms with van der Waals surface area (Å²) >= 11 is 0. The first-order chi connectivity index (χ1) is 11.8. The fourth-order valence-corrected chi connectivity index (χ4v) is 4.10. The molecule has 0 amide bonds. The van der Waals surface area contributed by atoms with Crippen molar-refractivity contribution in [1.82, 2.24) is 4.90 Å². The van der Waals surface area contributed by atoms with Crippen LogP contribution in [0.5, 0.6) is 0 Å². The molecule has 1 unspecified atom stereocenters. The van der Waals surface area contributed by atoms with Crippen LogP contribution in [0.15, 0.2) is 48.5 Å². The lowest BCUT2D eigenvalue weighted by molar-refractivity contribution is 0.132. The van der Waals surface area contributed by atoms with E-state index in [0.29, 0.717) is 6.54 Å². The maximum Gasteiger partial charge on any atom is 0.0845 e. The highest BCUT2D eigenvalue weighted by molar-refractivity contribution is 5.71. The Morgan fingerprint density at radius 3 is 1.92 bits per heavy atom. The summed E-state index contributed by atoms with van der Waals surface area (Å²) in [7, 11) is 0. The number of aryl methyl sites for hydroxylation is 2. The molecule has 0 radical (unpaired) electrons. The predicted molar refractivity (Wildman–Crippen MR) is 99.0 cm³/mol. The Hall–Kier alpha value is -1.84. The summed E-state index contributed by atoms with van der Waals surface area (Å²) in [5.74, 6) is 0. The fraction of sp³-hybridized carbons (Fsp3) is 0.429. The molecule has 2 aliphatic rings. The van der Waals surface area contributed by atoms with Crippen molar-refractivity contribution in [2.75, 3.05) is 31.1 Å². The quantitative estimate of drug-likeness (QED) is 0.935. The summed E-state index contributed by atoms with van der Waals surface area (Å²) in [6.45, 7) is 3.69. The van der Waals surface area contributed by atoms with Gasteiger partial charge in [-0.25, -0.2) is 0 Å². The number of para-hydroxylation sites is 2. The van der Waals surface area contributed by atoms with E-state index in [1.54, 1.807) is 0 Å². The second-order valence-corrected chi connectivity index (χ2v) is 7.03. The van der Waals surface area contributed by atoms with Crippen LogP contribution >= 0.6 is 0 Å². The van der Waals surface area contributed by atoms with Gasteiger partial charge in [-0.1, -0.05) is 36.4 Å². The predicted octanol–water partition coefficient (Wildman–Crippen LogP) is 3.38. The molecule has 0 saturated carbocycles. The first-order valence-corrected chi connectivity index (χ1v) is 9.15. The Balaban J connectivity index is 1.62. The van der Waals surface area contributed by atoms with E-state index in [4.69, 9.17) is 0 Å². The van der Waals surface area contributed by atoms with E-state index < -0.39 is 0 Å². The third kappa shape index (κ3) is 3.19. The van der Waals surface area contributed by atoms with E-state index in [1.807, 2.05) is 0 Å². The Kier molecular flexibility index (Phi) is 4.54. The number of rotatable bonds is 4. The molecule has 0 aliphatic carbocycles. The summed E-state index contributed by atoms with van der Waals surface area (Å²) in [4.78, 5) is 4.72. The molecule has 4 rings (SSSR count). The molecule has 24 heavy (non-hydrogen) atoms. The molecule has 126 valence electrons. The van der Waals surface area contributed by atoms with Crippen molar-refractivity contribution in [1.29, 1.82) is 0 Å².